The second-order valence-electron chi connectivity index (χ2n) is 9.25. The number of amides is 1. The molecule has 1 aromatic rings. The second-order valence-corrected chi connectivity index (χ2v) is 10.9. The fourth-order valence-corrected chi connectivity index (χ4v) is 7.29. The van der Waals surface area contributed by atoms with Gasteiger partial charge in [0.15, 0.2) is 6.10 Å². The average molecular weight is 434 g/mol. The zero-order valence-electron chi connectivity index (χ0n) is 16.3. The summed E-state index contributed by atoms with van der Waals surface area (Å²) in [6.07, 6.45) is 5.46. The highest BCUT2D eigenvalue weighted by Gasteiger charge is 2.60. The summed E-state index contributed by atoms with van der Waals surface area (Å²) in [5.74, 6) is 0.772. The van der Waals surface area contributed by atoms with Crippen molar-refractivity contribution in [3.05, 3.63) is 29.3 Å². The molecule has 3 atom stereocenters. The number of halogens is 1. The molecule has 146 valence electrons. The first-order chi connectivity index (χ1) is 12.7. The van der Waals surface area contributed by atoms with E-state index in [9.17, 15) is 9.59 Å². The van der Waals surface area contributed by atoms with Gasteiger partial charge in [-0.3, -0.25) is 9.59 Å². The molecule has 0 heterocycles. The minimum absolute atomic E-state index is 0.0975. The summed E-state index contributed by atoms with van der Waals surface area (Å²) >= 11 is 3.93. The van der Waals surface area contributed by atoms with Gasteiger partial charge in [-0.1, -0.05) is 28.1 Å². The number of benzene rings is 1. The molecule has 0 spiro atoms. The molecule has 4 fully saturated rings. The lowest BCUT2D eigenvalue weighted by atomic mass is 9.49. The maximum Gasteiger partial charge on any atom is 0.312 e. The molecule has 5 rings (SSSR count). The van der Waals surface area contributed by atoms with Crippen molar-refractivity contribution >= 4 is 33.5 Å². The van der Waals surface area contributed by atoms with Crippen LogP contribution in [0, 0.1) is 31.1 Å². The standard InChI is InChI=1S/C22H28BrNO3/c1-13-4-5-14(2)18(6-13)24-19(25)15(3)27-20(26)21-8-16-7-17(9-21)11-22(23,10-16)12-21/h4-6,15-17H,7-12H2,1-3H3,(H,24,25). The molecule has 1 N–H and O–H groups in total. The van der Waals surface area contributed by atoms with Crippen LogP contribution < -0.4 is 5.32 Å². The Bertz CT molecular complexity index is 776. The molecule has 0 aromatic heterocycles. The van der Waals surface area contributed by atoms with Gasteiger partial charge in [-0.15, -0.1) is 0 Å². The van der Waals surface area contributed by atoms with Crippen molar-refractivity contribution in [1.29, 1.82) is 0 Å². The number of alkyl halides is 1. The Morgan fingerprint density at radius 3 is 2.48 bits per heavy atom. The van der Waals surface area contributed by atoms with Crippen LogP contribution in [0.2, 0.25) is 0 Å². The van der Waals surface area contributed by atoms with E-state index in [-0.39, 0.29) is 16.2 Å². The van der Waals surface area contributed by atoms with E-state index in [1.807, 2.05) is 32.0 Å². The van der Waals surface area contributed by atoms with Gasteiger partial charge in [0.05, 0.1) is 5.41 Å². The van der Waals surface area contributed by atoms with Crippen molar-refractivity contribution < 1.29 is 14.3 Å². The minimum atomic E-state index is -0.795. The number of hydrogen-bond donors (Lipinski definition) is 1. The number of carbonyl (C=O) groups is 2. The molecular weight excluding hydrogens is 406 g/mol. The van der Waals surface area contributed by atoms with Crippen LogP contribution in [0.5, 0.6) is 0 Å². The van der Waals surface area contributed by atoms with Crippen molar-refractivity contribution in [2.24, 2.45) is 17.3 Å². The number of nitrogens with one attached hydrogen (secondary N) is 1. The van der Waals surface area contributed by atoms with E-state index in [1.165, 1.54) is 19.3 Å². The first-order valence-electron chi connectivity index (χ1n) is 9.96. The summed E-state index contributed by atoms with van der Waals surface area (Å²) in [4.78, 5) is 25.7. The van der Waals surface area contributed by atoms with E-state index in [0.717, 1.165) is 36.1 Å². The number of rotatable bonds is 4. The topological polar surface area (TPSA) is 55.4 Å². The molecule has 0 saturated heterocycles. The van der Waals surface area contributed by atoms with Gasteiger partial charge < -0.3 is 10.1 Å². The van der Waals surface area contributed by atoms with Gasteiger partial charge in [0.2, 0.25) is 0 Å². The molecule has 5 heteroatoms. The largest absolute Gasteiger partial charge is 0.452 e. The lowest BCUT2D eigenvalue weighted by Crippen LogP contribution is -2.56. The highest BCUT2D eigenvalue weighted by molar-refractivity contribution is 9.10. The fraction of sp³-hybridized carbons (Fsp3) is 0.636. The molecule has 0 aliphatic heterocycles. The molecular formula is C22H28BrNO3. The van der Waals surface area contributed by atoms with Gasteiger partial charge in [-0.2, -0.15) is 0 Å². The number of esters is 1. The fourth-order valence-electron chi connectivity index (χ4n) is 5.83. The zero-order chi connectivity index (χ0) is 19.4. The van der Waals surface area contributed by atoms with Crippen LogP contribution >= 0.6 is 15.9 Å². The predicted octanol–water partition coefficient (Wildman–Crippen LogP) is 4.91. The molecule has 1 amide bonds. The van der Waals surface area contributed by atoms with Crippen molar-refractivity contribution in [3.8, 4) is 0 Å². The molecule has 4 nitrogen and oxygen atoms in total. The maximum atomic E-state index is 13.1. The van der Waals surface area contributed by atoms with Crippen molar-refractivity contribution in [3.63, 3.8) is 0 Å². The zero-order valence-corrected chi connectivity index (χ0v) is 17.9. The third kappa shape index (κ3) is 3.55. The quantitative estimate of drug-likeness (QED) is 0.541. The van der Waals surface area contributed by atoms with Crippen LogP contribution in [0.1, 0.15) is 56.6 Å². The number of aryl methyl sites for hydroxylation is 2. The van der Waals surface area contributed by atoms with Gasteiger partial charge >= 0.3 is 5.97 Å². The summed E-state index contributed by atoms with van der Waals surface area (Å²) < 4.78 is 5.81. The first-order valence-corrected chi connectivity index (χ1v) is 10.8. The molecule has 4 aliphatic carbocycles. The summed E-state index contributed by atoms with van der Waals surface area (Å²) in [7, 11) is 0. The van der Waals surface area contributed by atoms with Crippen LogP contribution in [0.3, 0.4) is 0 Å². The van der Waals surface area contributed by atoms with Crippen molar-refractivity contribution in [2.75, 3.05) is 5.32 Å². The van der Waals surface area contributed by atoms with Crippen LogP contribution in [0.15, 0.2) is 18.2 Å². The summed E-state index contributed by atoms with van der Waals surface area (Å²) in [5.41, 5.74) is 2.45. The van der Waals surface area contributed by atoms with Gasteiger partial charge in [0, 0.05) is 10.0 Å². The van der Waals surface area contributed by atoms with E-state index in [2.05, 4.69) is 21.2 Å². The van der Waals surface area contributed by atoms with E-state index >= 15 is 0 Å². The number of ether oxygens (including phenoxy) is 1. The lowest BCUT2D eigenvalue weighted by molar-refractivity contribution is -0.175. The van der Waals surface area contributed by atoms with Crippen LogP contribution in [0.4, 0.5) is 5.69 Å². The first kappa shape index (κ1) is 19.0. The van der Waals surface area contributed by atoms with Gasteiger partial charge in [-0.05, 0) is 88.3 Å². The molecule has 4 bridgehead atoms. The monoisotopic (exact) mass is 433 g/mol. The second kappa shape index (κ2) is 6.61. The Morgan fingerprint density at radius 1 is 1.19 bits per heavy atom. The smallest absolute Gasteiger partial charge is 0.312 e. The Kier molecular flexibility index (Phi) is 4.65. The number of hydrogen-bond acceptors (Lipinski definition) is 3. The summed E-state index contributed by atoms with van der Waals surface area (Å²) in [5, 5.41) is 2.91. The van der Waals surface area contributed by atoms with Crippen molar-refractivity contribution in [1.82, 2.24) is 0 Å². The third-order valence-electron chi connectivity index (χ3n) is 6.73. The average Bonchev–Trinajstić information content (AvgIpc) is 2.55. The van der Waals surface area contributed by atoms with Gasteiger partial charge in [-0.25, -0.2) is 0 Å². The van der Waals surface area contributed by atoms with E-state index in [1.54, 1.807) is 6.92 Å². The van der Waals surface area contributed by atoms with Crippen LogP contribution in [-0.4, -0.2) is 22.3 Å². The van der Waals surface area contributed by atoms with E-state index < -0.39 is 11.5 Å². The Balaban J connectivity index is 1.43. The van der Waals surface area contributed by atoms with E-state index in [0.29, 0.717) is 11.8 Å². The van der Waals surface area contributed by atoms with Crippen LogP contribution in [0.25, 0.3) is 0 Å². The Labute approximate surface area is 169 Å². The van der Waals surface area contributed by atoms with Gasteiger partial charge in [0.1, 0.15) is 0 Å². The van der Waals surface area contributed by atoms with Crippen molar-refractivity contribution in [2.45, 2.75) is 69.7 Å². The molecule has 1 aromatic carbocycles. The highest BCUT2D eigenvalue weighted by Crippen LogP contribution is 2.64. The minimum Gasteiger partial charge on any atom is -0.452 e. The third-order valence-corrected chi connectivity index (χ3v) is 7.65. The Morgan fingerprint density at radius 2 is 1.85 bits per heavy atom. The highest BCUT2D eigenvalue weighted by atomic mass is 79.9. The summed E-state index contributed by atoms with van der Waals surface area (Å²) in [6, 6.07) is 5.93. The molecule has 4 saturated carbocycles. The molecule has 3 unspecified atom stereocenters. The SMILES string of the molecule is Cc1ccc(C)c(NC(=O)C(C)OC(=O)C23CC4CC(CC(Br)(C4)C2)C3)c1. The van der Waals surface area contributed by atoms with Gasteiger partial charge in [0.25, 0.3) is 5.91 Å². The Hall–Kier alpha value is -1.36. The maximum absolute atomic E-state index is 13.1. The van der Waals surface area contributed by atoms with E-state index in [4.69, 9.17) is 4.74 Å². The molecule has 0 radical (unpaired) electrons. The van der Waals surface area contributed by atoms with Crippen LogP contribution in [-0.2, 0) is 14.3 Å². The predicted molar refractivity (Wildman–Crippen MR) is 109 cm³/mol. The normalized spacial score (nSPS) is 35.0. The lowest BCUT2D eigenvalue weighted by Gasteiger charge is -2.58. The molecule has 4 aliphatic rings. The number of carbonyl (C=O) groups excluding carboxylic acids is 2. The molecule has 27 heavy (non-hydrogen) atoms. The summed E-state index contributed by atoms with van der Waals surface area (Å²) in [6.45, 7) is 5.61. The number of anilines is 1.